The minimum Gasteiger partial charge on any atom is -0.497 e. The van der Waals surface area contributed by atoms with Crippen molar-refractivity contribution in [3.8, 4) is 5.75 Å². The van der Waals surface area contributed by atoms with Crippen molar-refractivity contribution in [1.82, 2.24) is 5.32 Å². The molecule has 3 N–H and O–H groups in total. The van der Waals surface area contributed by atoms with Gasteiger partial charge in [-0.2, -0.15) is 0 Å². The van der Waals surface area contributed by atoms with Crippen LogP contribution in [0, 0.1) is 0 Å². The van der Waals surface area contributed by atoms with Gasteiger partial charge in [0, 0.05) is 21.2 Å². The SMILES string of the molecule is COc1ccc(/C=C(/NC(=O)c2ccccc2)C(=O)Nc2cccc(SCC(=O)Nc3ccc(Cl)cc3Cl)c2)cc1. The second-order valence-electron chi connectivity index (χ2n) is 8.59. The number of benzene rings is 4. The Morgan fingerprint density at radius 3 is 2.32 bits per heavy atom. The van der Waals surface area contributed by atoms with Crippen LogP contribution in [0.2, 0.25) is 10.0 Å². The first-order chi connectivity index (χ1) is 19.8. The molecule has 0 heterocycles. The molecule has 4 rings (SSSR count). The highest BCUT2D eigenvalue weighted by Gasteiger charge is 2.16. The van der Waals surface area contributed by atoms with Crippen molar-refractivity contribution in [1.29, 1.82) is 0 Å². The summed E-state index contributed by atoms with van der Waals surface area (Å²) < 4.78 is 5.20. The van der Waals surface area contributed by atoms with E-state index in [0.29, 0.717) is 38.3 Å². The van der Waals surface area contributed by atoms with Crippen molar-refractivity contribution >= 4 is 70.1 Å². The van der Waals surface area contributed by atoms with Gasteiger partial charge in [-0.15, -0.1) is 11.8 Å². The summed E-state index contributed by atoms with van der Waals surface area (Å²) in [4.78, 5) is 39.4. The summed E-state index contributed by atoms with van der Waals surface area (Å²) in [6.45, 7) is 0. The Bertz CT molecular complexity index is 1580. The number of carbonyl (C=O) groups excluding carboxylic acids is 3. The third-order valence-electron chi connectivity index (χ3n) is 5.62. The molecule has 0 atom stereocenters. The van der Waals surface area contributed by atoms with Gasteiger partial charge >= 0.3 is 0 Å². The zero-order chi connectivity index (χ0) is 29.2. The monoisotopic (exact) mass is 605 g/mol. The smallest absolute Gasteiger partial charge is 0.272 e. The highest BCUT2D eigenvalue weighted by molar-refractivity contribution is 8.00. The summed E-state index contributed by atoms with van der Waals surface area (Å²) >= 11 is 13.3. The predicted octanol–water partition coefficient (Wildman–Crippen LogP) is 7.14. The molecule has 0 saturated heterocycles. The molecule has 0 radical (unpaired) electrons. The molecule has 4 aromatic rings. The van der Waals surface area contributed by atoms with Gasteiger partial charge in [0.05, 0.1) is 23.6 Å². The van der Waals surface area contributed by atoms with Crippen LogP contribution < -0.4 is 20.7 Å². The molecule has 3 amide bonds. The van der Waals surface area contributed by atoms with E-state index in [0.717, 1.165) is 4.90 Å². The van der Waals surface area contributed by atoms with E-state index in [1.54, 1.807) is 104 Å². The molecule has 208 valence electrons. The number of hydrogen-bond acceptors (Lipinski definition) is 5. The standard InChI is InChI=1S/C31H25Cl2N3O4S/c1-40-24-13-10-20(11-14-24)16-28(36-30(38)21-6-3-2-4-7-21)31(39)34-23-8-5-9-25(18-23)41-19-29(37)35-27-15-12-22(32)17-26(27)33/h2-18H,19H2,1H3,(H,34,39)(H,35,37)(H,36,38)/b28-16+. The number of ether oxygens (including phenoxy) is 1. The van der Waals surface area contributed by atoms with E-state index in [1.807, 2.05) is 6.07 Å². The zero-order valence-electron chi connectivity index (χ0n) is 21.8. The van der Waals surface area contributed by atoms with Crippen LogP contribution in [0.5, 0.6) is 5.75 Å². The van der Waals surface area contributed by atoms with Gasteiger partial charge in [-0.1, -0.05) is 59.6 Å². The first-order valence-corrected chi connectivity index (χ1v) is 14.1. The molecule has 0 aliphatic rings. The van der Waals surface area contributed by atoms with Gasteiger partial charge in [-0.05, 0) is 72.3 Å². The fraction of sp³-hybridized carbons (Fsp3) is 0.0645. The number of halogens is 2. The largest absolute Gasteiger partial charge is 0.497 e. The van der Waals surface area contributed by atoms with Crippen LogP contribution in [0.4, 0.5) is 11.4 Å². The van der Waals surface area contributed by atoms with E-state index in [-0.39, 0.29) is 17.4 Å². The predicted molar refractivity (Wildman–Crippen MR) is 166 cm³/mol. The number of rotatable bonds is 10. The van der Waals surface area contributed by atoms with Crippen molar-refractivity contribution in [2.75, 3.05) is 23.5 Å². The quantitative estimate of drug-likeness (QED) is 0.132. The highest BCUT2D eigenvalue weighted by atomic mass is 35.5. The number of anilines is 2. The number of methoxy groups -OCH3 is 1. The summed E-state index contributed by atoms with van der Waals surface area (Å²) in [7, 11) is 1.57. The van der Waals surface area contributed by atoms with Crippen LogP contribution in [-0.2, 0) is 9.59 Å². The van der Waals surface area contributed by atoms with Crippen LogP contribution in [0.15, 0.2) is 108 Å². The molecular formula is C31H25Cl2N3O4S. The van der Waals surface area contributed by atoms with E-state index in [1.165, 1.54) is 11.8 Å². The van der Waals surface area contributed by atoms with Crippen molar-refractivity contribution in [2.45, 2.75) is 4.90 Å². The first kappa shape index (κ1) is 29.7. The van der Waals surface area contributed by atoms with Crippen LogP contribution in [0.1, 0.15) is 15.9 Å². The number of carbonyl (C=O) groups is 3. The number of amides is 3. The maximum Gasteiger partial charge on any atom is 0.272 e. The number of thioether (sulfide) groups is 1. The topological polar surface area (TPSA) is 96.5 Å². The van der Waals surface area contributed by atoms with Gasteiger partial charge in [-0.3, -0.25) is 14.4 Å². The number of nitrogens with one attached hydrogen (secondary N) is 3. The Labute approximate surface area is 251 Å². The van der Waals surface area contributed by atoms with Crippen molar-refractivity contribution in [3.63, 3.8) is 0 Å². The number of hydrogen-bond donors (Lipinski definition) is 3. The average Bonchev–Trinajstić information content (AvgIpc) is 2.98. The van der Waals surface area contributed by atoms with Gasteiger partial charge < -0.3 is 20.7 Å². The molecule has 0 aliphatic heterocycles. The Hall–Kier alpha value is -4.24. The Balaban J connectivity index is 1.45. The molecule has 0 fully saturated rings. The molecular weight excluding hydrogens is 581 g/mol. The summed E-state index contributed by atoms with van der Waals surface area (Å²) in [5.74, 6) is -0.395. The van der Waals surface area contributed by atoms with Gasteiger partial charge in [0.1, 0.15) is 11.4 Å². The van der Waals surface area contributed by atoms with Gasteiger partial charge in [0.2, 0.25) is 5.91 Å². The fourth-order valence-corrected chi connectivity index (χ4v) is 4.81. The lowest BCUT2D eigenvalue weighted by Crippen LogP contribution is -2.30. The lowest BCUT2D eigenvalue weighted by molar-refractivity contribution is -0.114. The van der Waals surface area contributed by atoms with Crippen molar-refractivity contribution in [3.05, 3.63) is 124 Å². The average molecular weight is 607 g/mol. The van der Waals surface area contributed by atoms with E-state index >= 15 is 0 Å². The summed E-state index contributed by atoms with van der Waals surface area (Å²) in [5, 5.41) is 9.13. The van der Waals surface area contributed by atoms with E-state index < -0.39 is 11.8 Å². The molecule has 0 spiro atoms. The molecule has 0 aromatic heterocycles. The third-order valence-corrected chi connectivity index (χ3v) is 7.16. The minimum atomic E-state index is -0.512. The normalized spacial score (nSPS) is 11.0. The molecule has 4 aromatic carbocycles. The summed E-state index contributed by atoms with van der Waals surface area (Å²) in [5.41, 5.74) is 2.13. The van der Waals surface area contributed by atoms with Crippen LogP contribution in [-0.4, -0.2) is 30.6 Å². The summed E-state index contributed by atoms with van der Waals surface area (Å²) in [6.07, 6.45) is 1.58. The minimum absolute atomic E-state index is 0.0568. The van der Waals surface area contributed by atoms with Crippen LogP contribution in [0.3, 0.4) is 0 Å². The third kappa shape index (κ3) is 8.88. The lowest BCUT2D eigenvalue weighted by Gasteiger charge is -2.12. The highest BCUT2D eigenvalue weighted by Crippen LogP contribution is 2.27. The molecule has 0 aliphatic carbocycles. The Morgan fingerprint density at radius 1 is 0.854 bits per heavy atom. The molecule has 41 heavy (non-hydrogen) atoms. The fourth-order valence-electron chi connectivity index (χ4n) is 3.60. The molecule has 0 saturated carbocycles. The van der Waals surface area contributed by atoms with Gasteiger partial charge in [0.15, 0.2) is 0 Å². The van der Waals surface area contributed by atoms with E-state index in [9.17, 15) is 14.4 Å². The molecule has 0 bridgehead atoms. The van der Waals surface area contributed by atoms with Crippen LogP contribution >= 0.6 is 35.0 Å². The maximum atomic E-state index is 13.3. The Kier molecular flexibility index (Phi) is 10.5. The van der Waals surface area contributed by atoms with Gasteiger partial charge in [-0.25, -0.2) is 0 Å². The van der Waals surface area contributed by atoms with Gasteiger partial charge in [0.25, 0.3) is 11.8 Å². The molecule has 0 unspecified atom stereocenters. The molecule has 7 nitrogen and oxygen atoms in total. The van der Waals surface area contributed by atoms with Crippen molar-refractivity contribution < 1.29 is 19.1 Å². The maximum absolute atomic E-state index is 13.3. The first-order valence-electron chi connectivity index (χ1n) is 12.3. The molecule has 10 heteroatoms. The zero-order valence-corrected chi connectivity index (χ0v) is 24.1. The summed E-state index contributed by atoms with van der Waals surface area (Å²) in [6, 6.07) is 27.6. The second kappa shape index (κ2) is 14.4. The van der Waals surface area contributed by atoms with Crippen molar-refractivity contribution in [2.24, 2.45) is 0 Å². The Morgan fingerprint density at radius 2 is 1.61 bits per heavy atom. The second-order valence-corrected chi connectivity index (χ2v) is 10.5. The lowest BCUT2D eigenvalue weighted by atomic mass is 10.1. The van der Waals surface area contributed by atoms with E-state index in [4.69, 9.17) is 27.9 Å². The van der Waals surface area contributed by atoms with Crippen LogP contribution in [0.25, 0.3) is 6.08 Å². The van der Waals surface area contributed by atoms with E-state index in [2.05, 4.69) is 16.0 Å².